The minimum atomic E-state index is -0.0507. The van der Waals surface area contributed by atoms with Gasteiger partial charge in [-0.05, 0) is 57.4 Å². The Morgan fingerprint density at radius 3 is 2.79 bits per heavy atom. The highest BCUT2D eigenvalue weighted by atomic mass is 16.2. The van der Waals surface area contributed by atoms with Crippen LogP contribution in [0.5, 0.6) is 0 Å². The van der Waals surface area contributed by atoms with Crippen LogP contribution in [0.1, 0.15) is 31.2 Å². The second-order valence-electron chi connectivity index (χ2n) is 6.98. The Kier molecular flexibility index (Phi) is 7.02. The lowest BCUT2D eigenvalue weighted by molar-refractivity contribution is 0.222. The second-order valence-corrected chi connectivity index (χ2v) is 6.98. The third kappa shape index (κ3) is 5.56. The van der Waals surface area contributed by atoms with Gasteiger partial charge in [-0.1, -0.05) is 6.07 Å². The van der Waals surface area contributed by atoms with Crippen LogP contribution in [0.15, 0.2) is 30.5 Å². The van der Waals surface area contributed by atoms with Crippen molar-refractivity contribution in [1.82, 2.24) is 14.9 Å². The molecule has 1 aliphatic heterocycles. The van der Waals surface area contributed by atoms with Crippen LogP contribution in [-0.4, -0.2) is 47.1 Å². The van der Waals surface area contributed by atoms with E-state index in [9.17, 15) is 4.79 Å². The fourth-order valence-electron chi connectivity index (χ4n) is 3.08. The summed E-state index contributed by atoms with van der Waals surface area (Å²) in [6.45, 7) is 5.14. The summed E-state index contributed by atoms with van der Waals surface area (Å²) in [4.78, 5) is 23.0. The summed E-state index contributed by atoms with van der Waals surface area (Å²) in [5.41, 5.74) is 8.09. The quantitative estimate of drug-likeness (QED) is 0.521. The van der Waals surface area contributed by atoms with Gasteiger partial charge in [0, 0.05) is 42.8 Å². The van der Waals surface area contributed by atoms with Crippen LogP contribution in [0.4, 0.5) is 27.9 Å². The number of unbranched alkanes of at least 4 members (excludes halogenated alkanes) is 1. The number of nitrogens with one attached hydrogen (secondary N) is 3. The van der Waals surface area contributed by atoms with Crippen LogP contribution in [0.3, 0.4) is 0 Å². The topological polar surface area (TPSA) is 108 Å². The van der Waals surface area contributed by atoms with Crippen molar-refractivity contribution in [1.29, 1.82) is 0 Å². The largest absolute Gasteiger partial charge is 0.370 e. The predicted molar refractivity (Wildman–Crippen MR) is 113 cm³/mol. The monoisotopic (exact) mass is 383 g/mol. The molecule has 8 heteroatoms. The molecule has 1 aliphatic rings. The van der Waals surface area contributed by atoms with Crippen molar-refractivity contribution in [3.8, 4) is 0 Å². The molecule has 1 fully saturated rings. The number of aryl methyl sites for hydroxylation is 1. The van der Waals surface area contributed by atoms with Gasteiger partial charge in [-0.2, -0.15) is 4.98 Å². The van der Waals surface area contributed by atoms with E-state index < -0.39 is 0 Å². The number of hydrogen-bond donors (Lipinski definition) is 4. The van der Waals surface area contributed by atoms with Crippen molar-refractivity contribution in [3.63, 3.8) is 0 Å². The molecule has 1 saturated heterocycles. The van der Waals surface area contributed by atoms with Gasteiger partial charge in [0.05, 0.1) is 0 Å². The van der Waals surface area contributed by atoms with Crippen LogP contribution in [0.2, 0.25) is 0 Å². The first-order valence-electron chi connectivity index (χ1n) is 9.86. The lowest BCUT2D eigenvalue weighted by atomic mass is 10.2. The summed E-state index contributed by atoms with van der Waals surface area (Å²) in [7, 11) is 0. The van der Waals surface area contributed by atoms with Gasteiger partial charge >= 0.3 is 6.03 Å². The standard InChI is InChI=1S/C20H29N7O/c1-15-14-23-19(26-18(15)22-10-3-2-9-21)24-16-7-6-8-17(13-16)25-20(28)27-11-4-5-12-27/h6-8,13-14H,2-5,9-12,21H2,1H3,(H,25,28)(H2,22,23,24,26). The number of benzene rings is 1. The number of anilines is 4. The molecule has 0 aliphatic carbocycles. The number of urea groups is 1. The third-order valence-electron chi connectivity index (χ3n) is 4.66. The normalized spacial score (nSPS) is 13.4. The van der Waals surface area contributed by atoms with Gasteiger partial charge in [0.2, 0.25) is 5.95 Å². The number of carbonyl (C=O) groups is 1. The summed E-state index contributed by atoms with van der Waals surface area (Å²) in [5, 5.41) is 9.50. The van der Waals surface area contributed by atoms with Crippen LogP contribution in [-0.2, 0) is 0 Å². The second kappa shape index (κ2) is 9.89. The molecule has 2 aromatic rings. The fourth-order valence-corrected chi connectivity index (χ4v) is 3.08. The lowest BCUT2D eigenvalue weighted by Gasteiger charge is -2.16. The van der Waals surface area contributed by atoms with Gasteiger partial charge in [-0.15, -0.1) is 0 Å². The van der Waals surface area contributed by atoms with Gasteiger partial charge in [-0.3, -0.25) is 0 Å². The van der Waals surface area contributed by atoms with E-state index in [4.69, 9.17) is 5.73 Å². The fraction of sp³-hybridized carbons (Fsp3) is 0.450. The molecule has 2 amide bonds. The van der Waals surface area contributed by atoms with Crippen LogP contribution in [0, 0.1) is 6.92 Å². The summed E-state index contributed by atoms with van der Waals surface area (Å²) < 4.78 is 0. The maximum Gasteiger partial charge on any atom is 0.321 e. The first kappa shape index (κ1) is 19.9. The molecular weight excluding hydrogens is 354 g/mol. The number of carbonyl (C=O) groups excluding carboxylic acids is 1. The Hall–Kier alpha value is -2.87. The van der Waals surface area contributed by atoms with E-state index in [1.54, 1.807) is 6.20 Å². The number of nitrogens with zero attached hydrogens (tertiary/aromatic N) is 3. The minimum absolute atomic E-state index is 0.0507. The highest BCUT2D eigenvalue weighted by molar-refractivity contribution is 5.90. The van der Waals surface area contributed by atoms with Crippen molar-refractivity contribution in [3.05, 3.63) is 36.0 Å². The van der Waals surface area contributed by atoms with Gasteiger partial charge in [-0.25, -0.2) is 9.78 Å². The number of likely N-dealkylation sites (tertiary alicyclic amines) is 1. The molecule has 8 nitrogen and oxygen atoms in total. The molecule has 150 valence electrons. The Morgan fingerprint density at radius 2 is 2.00 bits per heavy atom. The number of hydrogen-bond acceptors (Lipinski definition) is 6. The van der Waals surface area contributed by atoms with E-state index in [1.165, 1.54) is 0 Å². The highest BCUT2D eigenvalue weighted by Crippen LogP contribution is 2.21. The molecule has 28 heavy (non-hydrogen) atoms. The third-order valence-corrected chi connectivity index (χ3v) is 4.66. The maximum atomic E-state index is 12.3. The van der Waals surface area contributed by atoms with Gasteiger partial charge in [0.15, 0.2) is 0 Å². The number of nitrogens with two attached hydrogens (primary N) is 1. The first-order chi connectivity index (χ1) is 13.7. The molecule has 0 unspecified atom stereocenters. The number of rotatable bonds is 8. The molecule has 0 bridgehead atoms. The van der Waals surface area contributed by atoms with E-state index in [2.05, 4.69) is 25.9 Å². The molecule has 0 saturated carbocycles. The number of amides is 2. The van der Waals surface area contributed by atoms with Crippen molar-refractivity contribution in [2.75, 3.05) is 42.1 Å². The summed E-state index contributed by atoms with van der Waals surface area (Å²) in [6, 6.07) is 7.52. The summed E-state index contributed by atoms with van der Waals surface area (Å²) in [6.07, 6.45) is 5.92. The molecule has 3 rings (SSSR count). The van der Waals surface area contributed by atoms with Crippen molar-refractivity contribution < 1.29 is 4.79 Å². The van der Waals surface area contributed by atoms with E-state index >= 15 is 0 Å². The molecule has 5 N–H and O–H groups in total. The maximum absolute atomic E-state index is 12.3. The Morgan fingerprint density at radius 1 is 1.21 bits per heavy atom. The summed E-state index contributed by atoms with van der Waals surface area (Å²) in [5.74, 6) is 1.32. The summed E-state index contributed by atoms with van der Waals surface area (Å²) >= 11 is 0. The molecule has 2 heterocycles. The van der Waals surface area contributed by atoms with Crippen molar-refractivity contribution in [2.24, 2.45) is 5.73 Å². The van der Waals surface area contributed by atoms with Gasteiger partial charge < -0.3 is 26.6 Å². The number of aromatic nitrogens is 2. The van der Waals surface area contributed by atoms with Crippen molar-refractivity contribution >= 4 is 29.2 Å². The SMILES string of the molecule is Cc1cnc(Nc2cccc(NC(=O)N3CCCC3)c2)nc1NCCCCN. The smallest absolute Gasteiger partial charge is 0.321 e. The molecule has 0 atom stereocenters. The van der Waals surface area contributed by atoms with Gasteiger partial charge in [0.25, 0.3) is 0 Å². The molecular formula is C20H29N7O. The van der Waals surface area contributed by atoms with Crippen molar-refractivity contribution in [2.45, 2.75) is 32.6 Å². The lowest BCUT2D eigenvalue weighted by Crippen LogP contribution is -2.32. The first-order valence-corrected chi connectivity index (χ1v) is 9.86. The van der Waals surface area contributed by atoms with Crippen LogP contribution in [0.25, 0.3) is 0 Å². The van der Waals surface area contributed by atoms with E-state index in [0.717, 1.165) is 68.1 Å². The Balaban J connectivity index is 1.62. The zero-order valence-corrected chi connectivity index (χ0v) is 16.4. The van der Waals surface area contributed by atoms with Crippen LogP contribution < -0.4 is 21.7 Å². The average molecular weight is 384 g/mol. The molecule has 0 radical (unpaired) electrons. The minimum Gasteiger partial charge on any atom is -0.370 e. The molecule has 1 aromatic heterocycles. The van der Waals surface area contributed by atoms with E-state index in [0.29, 0.717) is 12.5 Å². The van der Waals surface area contributed by atoms with E-state index in [1.807, 2.05) is 36.1 Å². The average Bonchev–Trinajstić information content (AvgIpc) is 3.23. The predicted octanol–water partition coefficient (Wildman–Crippen LogP) is 3.31. The van der Waals surface area contributed by atoms with Crippen LogP contribution >= 0.6 is 0 Å². The zero-order chi connectivity index (χ0) is 19.8. The zero-order valence-electron chi connectivity index (χ0n) is 16.4. The molecule has 1 aromatic carbocycles. The van der Waals surface area contributed by atoms with E-state index in [-0.39, 0.29) is 6.03 Å². The highest BCUT2D eigenvalue weighted by Gasteiger charge is 2.17. The Labute approximate surface area is 165 Å². The Bertz CT molecular complexity index is 790. The van der Waals surface area contributed by atoms with Gasteiger partial charge in [0.1, 0.15) is 5.82 Å². The molecule has 0 spiro atoms.